The summed E-state index contributed by atoms with van der Waals surface area (Å²) >= 11 is 0. The summed E-state index contributed by atoms with van der Waals surface area (Å²) in [5.74, 6) is -0.360. The van der Waals surface area contributed by atoms with Crippen LogP contribution in [0.15, 0.2) is 0 Å². The summed E-state index contributed by atoms with van der Waals surface area (Å²) in [4.78, 5) is 0. The molecule has 4 heteroatoms. The lowest BCUT2D eigenvalue weighted by Gasteiger charge is -2.22. The van der Waals surface area contributed by atoms with Crippen LogP contribution in [0.4, 0.5) is 0 Å². The summed E-state index contributed by atoms with van der Waals surface area (Å²) in [5, 5.41) is 27.4. The smallest absolute Gasteiger partial charge is 0.0824 e. The van der Waals surface area contributed by atoms with Crippen LogP contribution in [-0.2, 0) is 4.74 Å². The monoisotopic (exact) mass is 206 g/mol. The Kier molecular flexibility index (Phi) is 8.08. The zero-order chi connectivity index (χ0) is 11.0. The first-order valence-corrected chi connectivity index (χ1v) is 5.18. The minimum absolute atomic E-state index is 0.220. The summed E-state index contributed by atoms with van der Waals surface area (Å²) in [7, 11) is 0. The third kappa shape index (κ3) is 5.54. The summed E-state index contributed by atoms with van der Waals surface area (Å²) in [6, 6.07) is 0. The van der Waals surface area contributed by atoms with E-state index in [9.17, 15) is 10.2 Å². The molecule has 0 aliphatic heterocycles. The average molecular weight is 206 g/mol. The number of hydrogen-bond acceptors (Lipinski definition) is 4. The molecule has 86 valence electrons. The summed E-state index contributed by atoms with van der Waals surface area (Å²) in [5.41, 5.74) is 0. The van der Waals surface area contributed by atoms with Crippen LogP contribution in [0, 0.1) is 5.92 Å². The molecule has 0 radical (unpaired) electrons. The van der Waals surface area contributed by atoms with Crippen LogP contribution in [0.2, 0.25) is 0 Å². The van der Waals surface area contributed by atoms with Crippen LogP contribution in [0.5, 0.6) is 0 Å². The van der Waals surface area contributed by atoms with Gasteiger partial charge in [0, 0.05) is 12.5 Å². The maximum Gasteiger partial charge on any atom is 0.0824 e. The molecule has 0 spiro atoms. The van der Waals surface area contributed by atoms with Gasteiger partial charge in [-0.2, -0.15) is 0 Å². The molecule has 3 N–H and O–H groups in total. The highest BCUT2D eigenvalue weighted by atomic mass is 16.5. The molecule has 4 nitrogen and oxygen atoms in total. The molecule has 0 aromatic heterocycles. The Morgan fingerprint density at radius 3 is 2.36 bits per heavy atom. The van der Waals surface area contributed by atoms with E-state index in [4.69, 9.17) is 9.84 Å². The van der Waals surface area contributed by atoms with E-state index in [1.165, 1.54) is 0 Å². The van der Waals surface area contributed by atoms with Gasteiger partial charge in [-0.3, -0.25) is 0 Å². The van der Waals surface area contributed by atoms with Crippen molar-refractivity contribution in [2.24, 2.45) is 5.92 Å². The summed E-state index contributed by atoms with van der Waals surface area (Å²) < 4.78 is 5.21. The normalized spacial score (nSPS) is 17.8. The lowest BCUT2D eigenvalue weighted by Crippen LogP contribution is -2.34. The van der Waals surface area contributed by atoms with Gasteiger partial charge in [0.05, 0.1) is 25.4 Å². The number of aliphatic hydroxyl groups is 3. The molecule has 0 aliphatic carbocycles. The van der Waals surface area contributed by atoms with Crippen molar-refractivity contribution in [3.8, 4) is 0 Å². The molecule has 0 aliphatic rings. The molecule has 0 aromatic rings. The van der Waals surface area contributed by atoms with E-state index in [1.807, 2.05) is 0 Å². The van der Waals surface area contributed by atoms with Crippen molar-refractivity contribution >= 4 is 0 Å². The number of ether oxygens (including phenoxy) is 1. The third-order valence-electron chi connectivity index (χ3n) is 2.33. The van der Waals surface area contributed by atoms with Crippen LogP contribution in [0.3, 0.4) is 0 Å². The predicted octanol–water partition coefficient (Wildman–Crippen LogP) is 0.153. The largest absolute Gasteiger partial charge is 0.394 e. The van der Waals surface area contributed by atoms with Gasteiger partial charge in [-0.25, -0.2) is 0 Å². The zero-order valence-electron chi connectivity index (χ0n) is 9.02. The Hall–Kier alpha value is -0.160. The van der Waals surface area contributed by atoms with E-state index in [0.29, 0.717) is 6.61 Å². The molecule has 0 bridgehead atoms. The van der Waals surface area contributed by atoms with Crippen molar-refractivity contribution in [2.75, 3.05) is 19.8 Å². The second-order valence-corrected chi connectivity index (χ2v) is 3.60. The maximum absolute atomic E-state index is 9.52. The summed E-state index contributed by atoms with van der Waals surface area (Å²) in [6.45, 7) is 4.29. The molecule has 14 heavy (non-hydrogen) atoms. The van der Waals surface area contributed by atoms with Crippen molar-refractivity contribution in [2.45, 2.75) is 38.9 Å². The first-order valence-electron chi connectivity index (χ1n) is 5.18. The number of hydrogen-bond donors (Lipinski definition) is 3. The molecule has 0 amide bonds. The lowest BCUT2D eigenvalue weighted by atomic mass is 9.99. The average Bonchev–Trinajstić information content (AvgIpc) is 2.21. The highest BCUT2D eigenvalue weighted by Crippen LogP contribution is 2.09. The first kappa shape index (κ1) is 13.8. The Balaban J connectivity index is 3.56. The van der Waals surface area contributed by atoms with Gasteiger partial charge in [-0.1, -0.05) is 20.3 Å². The van der Waals surface area contributed by atoms with E-state index in [2.05, 4.69) is 6.92 Å². The van der Waals surface area contributed by atoms with Crippen LogP contribution >= 0.6 is 0 Å². The van der Waals surface area contributed by atoms with Gasteiger partial charge in [0.25, 0.3) is 0 Å². The number of rotatable bonds is 8. The standard InChI is InChI=1S/C10H22O4/c1-3-4-5-14-7-10(13)8(2)9(12)6-11/h8-13H,3-7H2,1-2H3/t8-,9+,10-/m1/s1. The SMILES string of the molecule is CCCCOC[C@@H](O)[C@H](C)[C@@H](O)CO. The van der Waals surface area contributed by atoms with Crippen LogP contribution in [0.1, 0.15) is 26.7 Å². The molecule has 0 aromatic carbocycles. The van der Waals surface area contributed by atoms with E-state index < -0.39 is 12.2 Å². The van der Waals surface area contributed by atoms with Gasteiger partial charge in [0.15, 0.2) is 0 Å². The van der Waals surface area contributed by atoms with Gasteiger partial charge in [0.2, 0.25) is 0 Å². The molecule has 0 rings (SSSR count). The number of aliphatic hydroxyl groups excluding tert-OH is 3. The number of unbranched alkanes of at least 4 members (excludes halogenated alkanes) is 1. The minimum Gasteiger partial charge on any atom is -0.394 e. The molecule has 0 heterocycles. The molecule has 0 fully saturated rings. The van der Waals surface area contributed by atoms with E-state index in [0.717, 1.165) is 12.8 Å². The first-order chi connectivity index (χ1) is 6.63. The Labute approximate surface area is 85.5 Å². The van der Waals surface area contributed by atoms with E-state index in [1.54, 1.807) is 6.92 Å². The fraction of sp³-hybridized carbons (Fsp3) is 1.00. The summed E-state index contributed by atoms with van der Waals surface area (Å²) in [6.07, 6.45) is 0.447. The third-order valence-corrected chi connectivity index (χ3v) is 2.33. The highest BCUT2D eigenvalue weighted by Gasteiger charge is 2.21. The van der Waals surface area contributed by atoms with Gasteiger partial charge in [-0.05, 0) is 6.42 Å². The Morgan fingerprint density at radius 1 is 1.21 bits per heavy atom. The zero-order valence-corrected chi connectivity index (χ0v) is 9.02. The Bertz CT molecular complexity index is 129. The highest BCUT2D eigenvalue weighted by molar-refractivity contribution is 4.71. The quantitative estimate of drug-likeness (QED) is 0.495. The predicted molar refractivity (Wildman–Crippen MR) is 54.0 cm³/mol. The van der Waals surface area contributed by atoms with Crippen molar-refractivity contribution < 1.29 is 20.1 Å². The second kappa shape index (κ2) is 8.17. The van der Waals surface area contributed by atoms with Gasteiger partial charge in [-0.15, -0.1) is 0 Å². The molecule has 3 atom stereocenters. The molecule has 0 saturated carbocycles. The van der Waals surface area contributed by atoms with Gasteiger partial charge < -0.3 is 20.1 Å². The van der Waals surface area contributed by atoms with Crippen molar-refractivity contribution in [1.29, 1.82) is 0 Å². The van der Waals surface area contributed by atoms with Crippen LogP contribution in [0.25, 0.3) is 0 Å². The fourth-order valence-electron chi connectivity index (χ4n) is 1.02. The van der Waals surface area contributed by atoms with Crippen molar-refractivity contribution in [3.05, 3.63) is 0 Å². The molecule has 0 saturated heterocycles. The Morgan fingerprint density at radius 2 is 1.86 bits per heavy atom. The minimum atomic E-state index is -0.875. The topological polar surface area (TPSA) is 69.9 Å². The molecular weight excluding hydrogens is 184 g/mol. The fourth-order valence-corrected chi connectivity index (χ4v) is 1.02. The van der Waals surface area contributed by atoms with E-state index in [-0.39, 0.29) is 19.1 Å². The van der Waals surface area contributed by atoms with E-state index >= 15 is 0 Å². The van der Waals surface area contributed by atoms with Crippen molar-refractivity contribution in [1.82, 2.24) is 0 Å². The second-order valence-electron chi connectivity index (χ2n) is 3.60. The van der Waals surface area contributed by atoms with Crippen molar-refractivity contribution in [3.63, 3.8) is 0 Å². The van der Waals surface area contributed by atoms with Crippen LogP contribution < -0.4 is 0 Å². The van der Waals surface area contributed by atoms with Crippen LogP contribution in [-0.4, -0.2) is 47.3 Å². The van der Waals surface area contributed by atoms with Gasteiger partial charge >= 0.3 is 0 Å². The van der Waals surface area contributed by atoms with Gasteiger partial charge in [0.1, 0.15) is 0 Å². The molecular formula is C10H22O4. The molecule has 0 unspecified atom stereocenters. The maximum atomic E-state index is 9.52. The lowest BCUT2D eigenvalue weighted by molar-refractivity contribution is -0.0459.